The standard InChI is InChI=1S/C23H19F3N4O3/c1-11-4-5-12(19-20(31)22(2,3)33-30-19)6-13(11)16-9-29-18(10-28-16)23(26)8-14(21(27)32)15(24)7-17(23)25/h4-10,17H,1-3H3,(H2,27,32). The number of oxime groups is 1. The second kappa shape index (κ2) is 7.65. The largest absolute Gasteiger partial charge is 0.381 e. The molecule has 170 valence electrons. The zero-order chi connectivity index (χ0) is 24.1. The number of allylic oxidation sites excluding steroid dienone is 2. The minimum absolute atomic E-state index is 0.161. The fraction of sp³-hybridized carbons (Fsp3) is 0.261. The van der Waals surface area contributed by atoms with E-state index in [1.54, 1.807) is 39.0 Å². The maximum Gasteiger partial charge on any atom is 0.251 e. The lowest BCUT2D eigenvalue weighted by molar-refractivity contribution is -0.128. The number of aromatic nitrogens is 2. The average molecular weight is 456 g/mol. The molecule has 10 heteroatoms. The lowest BCUT2D eigenvalue weighted by Gasteiger charge is -2.27. The van der Waals surface area contributed by atoms with Crippen LogP contribution in [0.15, 0.2) is 59.3 Å². The number of rotatable bonds is 4. The van der Waals surface area contributed by atoms with Crippen LogP contribution in [-0.4, -0.2) is 39.1 Å². The Morgan fingerprint density at radius 1 is 1.21 bits per heavy atom. The maximum absolute atomic E-state index is 15.4. The van der Waals surface area contributed by atoms with Gasteiger partial charge in [-0.05, 0) is 44.6 Å². The number of alkyl halides is 2. The highest BCUT2D eigenvalue weighted by Crippen LogP contribution is 2.40. The second-order valence-electron chi connectivity index (χ2n) is 8.29. The van der Waals surface area contributed by atoms with Crippen LogP contribution >= 0.6 is 0 Å². The molecule has 1 aliphatic carbocycles. The Morgan fingerprint density at radius 2 is 1.94 bits per heavy atom. The predicted molar refractivity (Wildman–Crippen MR) is 113 cm³/mol. The normalized spacial score (nSPS) is 24.0. The van der Waals surface area contributed by atoms with E-state index in [0.29, 0.717) is 29.0 Å². The van der Waals surface area contributed by atoms with Gasteiger partial charge in [-0.15, -0.1) is 0 Å². The molecule has 2 atom stereocenters. The van der Waals surface area contributed by atoms with Gasteiger partial charge in [-0.3, -0.25) is 19.6 Å². The van der Waals surface area contributed by atoms with Crippen molar-refractivity contribution in [2.75, 3.05) is 0 Å². The van der Waals surface area contributed by atoms with Crippen LogP contribution in [0.4, 0.5) is 13.2 Å². The zero-order valence-corrected chi connectivity index (χ0v) is 17.9. The quantitative estimate of drug-likeness (QED) is 0.760. The lowest BCUT2D eigenvalue weighted by Crippen LogP contribution is -2.35. The molecule has 0 fully saturated rings. The molecule has 0 radical (unpaired) electrons. The summed E-state index contributed by atoms with van der Waals surface area (Å²) in [6.45, 7) is 5.03. The summed E-state index contributed by atoms with van der Waals surface area (Å²) in [7, 11) is 0. The highest BCUT2D eigenvalue weighted by Gasteiger charge is 2.45. The van der Waals surface area contributed by atoms with E-state index in [1.165, 1.54) is 6.20 Å². The molecule has 0 bridgehead atoms. The first-order valence-electron chi connectivity index (χ1n) is 9.92. The summed E-state index contributed by atoms with van der Waals surface area (Å²) in [6.07, 6.45) is 0.620. The number of hydrogen-bond acceptors (Lipinski definition) is 6. The zero-order valence-electron chi connectivity index (χ0n) is 17.9. The van der Waals surface area contributed by atoms with Gasteiger partial charge in [0.15, 0.2) is 17.5 Å². The van der Waals surface area contributed by atoms with Gasteiger partial charge in [0.1, 0.15) is 11.5 Å². The number of aryl methyl sites for hydroxylation is 1. The van der Waals surface area contributed by atoms with E-state index in [9.17, 15) is 18.4 Å². The number of amides is 1. The average Bonchev–Trinajstić information content (AvgIpc) is 3.04. The van der Waals surface area contributed by atoms with Gasteiger partial charge in [-0.1, -0.05) is 17.3 Å². The van der Waals surface area contributed by atoms with Crippen molar-refractivity contribution in [3.63, 3.8) is 0 Å². The molecule has 4 rings (SSSR count). The Labute approximate surface area is 186 Å². The van der Waals surface area contributed by atoms with Gasteiger partial charge in [0.05, 0.1) is 23.7 Å². The Hall–Kier alpha value is -3.82. The minimum atomic E-state index is -2.92. The number of hydrogen-bond donors (Lipinski definition) is 1. The van der Waals surface area contributed by atoms with Crippen molar-refractivity contribution in [2.24, 2.45) is 10.9 Å². The van der Waals surface area contributed by atoms with Crippen LogP contribution in [0.1, 0.15) is 30.7 Å². The van der Waals surface area contributed by atoms with Gasteiger partial charge < -0.3 is 10.6 Å². The maximum atomic E-state index is 15.4. The monoisotopic (exact) mass is 456 g/mol. The molecule has 0 saturated heterocycles. The van der Waals surface area contributed by atoms with Gasteiger partial charge >= 0.3 is 0 Å². The number of carbonyl (C=O) groups is 2. The molecular weight excluding hydrogens is 437 g/mol. The molecule has 0 saturated carbocycles. The first kappa shape index (κ1) is 22.4. The van der Waals surface area contributed by atoms with Crippen molar-refractivity contribution in [1.29, 1.82) is 0 Å². The molecule has 2 heterocycles. The molecule has 2 aromatic rings. The summed E-state index contributed by atoms with van der Waals surface area (Å²) < 4.78 is 43.6. The smallest absolute Gasteiger partial charge is 0.251 e. The summed E-state index contributed by atoms with van der Waals surface area (Å²) in [5, 5.41) is 3.88. The van der Waals surface area contributed by atoms with Gasteiger partial charge in [-0.25, -0.2) is 13.2 Å². The van der Waals surface area contributed by atoms with Crippen LogP contribution in [0.5, 0.6) is 0 Å². The van der Waals surface area contributed by atoms with E-state index in [0.717, 1.165) is 11.8 Å². The SMILES string of the molecule is Cc1ccc(C2=NOC(C)(C)C2=O)cc1-c1cnc(C2(F)C=C(C(N)=O)C(F)=CC2F)cn1. The fourth-order valence-electron chi connectivity index (χ4n) is 3.52. The number of nitrogens with zero attached hydrogens (tertiary/aromatic N) is 3. The third kappa shape index (κ3) is 3.71. The molecule has 2 N–H and O–H groups in total. The molecule has 1 aromatic carbocycles. The molecule has 33 heavy (non-hydrogen) atoms. The Bertz CT molecular complexity index is 1270. The van der Waals surface area contributed by atoms with Crippen LogP contribution in [-0.2, 0) is 20.1 Å². The highest BCUT2D eigenvalue weighted by molar-refractivity contribution is 6.49. The number of primary amides is 1. The van der Waals surface area contributed by atoms with E-state index in [4.69, 9.17) is 10.6 Å². The van der Waals surface area contributed by atoms with E-state index < -0.39 is 40.4 Å². The number of ketones is 1. The first-order valence-corrected chi connectivity index (χ1v) is 9.92. The van der Waals surface area contributed by atoms with Crippen LogP contribution < -0.4 is 5.73 Å². The van der Waals surface area contributed by atoms with Crippen LogP contribution in [0.3, 0.4) is 0 Å². The van der Waals surface area contributed by atoms with Crippen molar-refractivity contribution in [2.45, 2.75) is 38.2 Å². The minimum Gasteiger partial charge on any atom is -0.381 e. The van der Waals surface area contributed by atoms with E-state index >= 15 is 4.39 Å². The van der Waals surface area contributed by atoms with Crippen LogP contribution in [0, 0.1) is 6.92 Å². The fourth-order valence-corrected chi connectivity index (χ4v) is 3.52. The summed E-state index contributed by atoms with van der Waals surface area (Å²) in [5.41, 5.74) is 2.19. The van der Waals surface area contributed by atoms with Crippen molar-refractivity contribution in [1.82, 2.24) is 9.97 Å². The number of carbonyl (C=O) groups excluding carboxylic acids is 2. The second-order valence-corrected chi connectivity index (χ2v) is 8.29. The molecule has 2 aliphatic rings. The number of halogens is 3. The molecule has 1 amide bonds. The van der Waals surface area contributed by atoms with Crippen molar-refractivity contribution < 1.29 is 27.6 Å². The molecule has 7 nitrogen and oxygen atoms in total. The molecule has 1 aromatic heterocycles. The molecule has 1 aliphatic heterocycles. The first-order chi connectivity index (χ1) is 15.4. The van der Waals surface area contributed by atoms with Gasteiger partial charge in [0.2, 0.25) is 11.5 Å². The Balaban J connectivity index is 1.70. The molecular formula is C23H19F3N4O3. The Kier molecular flexibility index (Phi) is 5.18. The summed E-state index contributed by atoms with van der Waals surface area (Å²) >= 11 is 0. The van der Waals surface area contributed by atoms with Crippen molar-refractivity contribution >= 4 is 17.4 Å². The topological polar surface area (TPSA) is 108 Å². The highest BCUT2D eigenvalue weighted by atomic mass is 19.2. The number of nitrogens with two attached hydrogens (primary N) is 1. The predicted octanol–water partition coefficient (Wildman–Crippen LogP) is 3.32. The lowest BCUT2D eigenvalue weighted by atomic mass is 9.88. The van der Waals surface area contributed by atoms with Gasteiger partial charge in [0, 0.05) is 11.1 Å². The van der Waals surface area contributed by atoms with E-state index in [-0.39, 0.29) is 11.5 Å². The van der Waals surface area contributed by atoms with E-state index in [2.05, 4.69) is 15.1 Å². The summed E-state index contributed by atoms with van der Waals surface area (Å²) in [4.78, 5) is 37.2. The van der Waals surface area contributed by atoms with Crippen LogP contribution in [0.25, 0.3) is 11.3 Å². The third-order valence-electron chi connectivity index (χ3n) is 5.53. The number of Topliss-reactive ketones (excluding diaryl/α,β-unsaturated/α-hetero) is 1. The van der Waals surface area contributed by atoms with Crippen LogP contribution in [0.2, 0.25) is 0 Å². The van der Waals surface area contributed by atoms with Crippen molar-refractivity contribution in [3.05, 3.63) is 71.0 Å². The summed E-state index contributed by atoms with van der Waals surface area (Å²) in [6, 6.07) is 5.14. The third-order valence-corrected chi connectivity index (χ3v) is 5.53. The Morgan fingerprint density at radius 3 is 2.52 bits per heavy atom. The van der Waals surface area contributed by atoms with Crippen molar-refractivity contribution in [3.8, 4) is 11.3 Å². The summed E-state index contributed by atoms with van der Waals surface area (Å²) in [5.74, 6) is -2.75. The van der Waals surface area contributed by atoms with E-state index in [1.807, 2.05) is 0 Å². The van der Waals surface area contributed by atoms with Gasteiger partial charge in [-0.2, -0.15) is 0 Å². The number of benzene rings is 1. The molecule has 2 unspecified atom stereocenters. The van der Waals surface area contributed by atoms with Gasteiger partial charge in [0.25, 0.3) is 5.91 Å². The molecule has 0 spiro atoms.